The predicted octanol–water partition coefficient (Wildman–Crippen LogP) is -0.635. The van der Waals surface area contributed by atoms with Gasteiger partial charge in [-0.25, -0.2) is 0 Å². The molecule has 0 saturated carbocycles. The van der Waals surface area contributed by atoms with Crippen LogP contribution in [0.3, 0.4) is 0 Å². The first-order chi connectivity index (χ1) is 22.6. The van der Waals surface area contributed by atoms with Crippen molar-refractivity contribution in [3.63, 3.8) is 0 Å². The van der Waals surface area contributed by atoms with Crippen LogP contribution in [-0.2, 0) is 9.47 Å². The zero-order valence-electron chi connectivity index (χ0n) is 25.5. The van der Waals surface area contributed by atoms with Gasteiger partial charge in [-0.3, -0.25) is 9.59 Å². The molecular formula is C32H38N2O12S. The minimum atomic E-state index is -1.60. The first-order valence-electron chi connectivity index (χ1n) is 14.8. The zero-order valence-corrected chi connectivity index (χ0v) is 26.3. The Kier molecular flexibility index (Phi) is 11.2. The molecule has 3 aromatic rings. The van der Waals surface area contributed by atoms with E-state index in [1.807, 2.05) is 18.2 Å². The number of carbonyl (C=O) groups excluding carboxylic acids is 2. The van der Waals surface area contributed by atoms with Crippen LogP contribution in [0, 0.1) is 0 Å². The van der Waals surface area contributed by atoms with E-state index in [4.69, 9.17) is 18.9 Å². The number of fused-ring (bicyclic) bond motifs is 1. The number of hydrogen-bond donors (Lipinski definition) is 8. The van der Waals surface area contributed by atoms with Crippen molar-refractivity contribution in [1.29, 1.82) is 0 Å². The lowest BCUT2D eigenvalue weighted by Gasteiger charge is -2.46. The molecule has 2 heterocycles. The monoisotopic (exact) mass is 674 g/mol. The van der Waals surface area contributed by atoms with Gasteiger partial charge in [0, 0.05) is 17.2 Å². The molecule has 10 atom stereocenters. The summed E-state index contributed by atoms with van der Waals surface area (Å²) in [6.07, 6.45) is -8.74. The zero-order chi connectivity index (χ0) is 33.8. The second-order valence-electron chi connectivity index (χ2n) is 11.2. The van der Waals surface area contributed by atoms with Gasteiger partial charge in [-0.1, -0.05) is 48.2 Å². The fourth-order valence-electron chi connectivity index (χ4n) is 5.70. The van der Waals surface area contributed by atoms with Gasteiger partial charge < -0.3 is 60.2 Å². The van der Waals surface area contributed by atoms with Crippen LogP contribution in [0.2, 0.25) is 0 Å². The van der Waals surface area contributed by atoms with E-state index in [1.54, 1.807) is 30.3 Å². The van der Waals surface area contributed by atoms with Gasteiger partial charge in [-0.05, 0) is 29.0 Å². The Morgan fingerprint density at radius 3 is 1.77 bits per heavy atom. The lowest BCUT2D eigenvalue weighted by molar-refractivity contribution is -0.175. The molecule has 2 fully saturated rings. The van der Waals surface area contributed by atoms with Gasteiger partial charge in [0.2, 0.25) is 0 Å². The number of rotatable bonds is 10. The Morgan fingerprint density at radius 2 is 1.23 bits per heavy atom. The average Bonchev–Trinajstić information content (AvgIpc) is 3.09. The fraction of sp³-hybridized carbons (Fsp3) is 0.438. The quantitative estimate of drug-likeness (QED) is 0.135. The second-order valence-corrected chi connectivity index (χ2v) is 12.4. The summed E-state index contributed by atoms with van der Waals surface area (Å²) in [5, 5.41) is 71.1. The van der Waals surface area contributed by atoms with Gasteiger partial charge >= 0.3 is 0 Å². The molecule has 2 aliphatic heterocycles. The van der Waals surface area contributed by atoms with E-state index < -0.39 is 84.6 Å². The van der Waals surface area contributed by atoms with E-state index in [2.05, 4.69) is 10.6 Å². The molecule has 254 valence electrons. The maximum atomic E-state index is 13.4. The van der Waals surface area contributed by atoms with E-state index in [0.717, 1.165) is 17.1 Å². The number of benzene rings is 3. The highest BCUT2D eigenvalue weighted by Gasteiger charge is 2.50. The van der Waals surface area contributed by atoms with Crippen LogP contribution in [0.4, 0.5) is 0 Å². The molecule has 15 heteroatoms. The van der Waals surface area contributed by atoms with E-state index in [0.29, 0.717) is 22.4 Å². The van der Waals surface area contributed by atoms with Crippen molar-refractivity contribution in [2.45, 2.75) is 59.6 Å². The molecule has 0 aliphatic carbocycles. The van der Waals surface area contributed by atoms with Gasteiger partial charge in [0.25, 0.3) is 11.8 Å². The second kappa shape index (κ2) is 15.1. The number of thioether (sulfide) groups is 1. The van der Waals surface area contributed by atoms with Crippen molar-refractivity contribution < 1.29 is 59.2 Å². The first kappa shape index (κ1) is 34.8. The number of methoxy groups -OCH3 is 2. The minimum Gasteiger partial charge on any atom is -0.497 e. The first-order valence-corrected chi connectivity index (χ1v) is 15.8. The summed E-state index contributed by atoms with van der Waals surface area (Å²) in [6, 6.07) is 14.1. The summed E-state index contributed by atoms with van der Waals surface area (Å²) in [6.45, 7) is -1.35. The smallest absolute Gasteiger partial charge is 0.252 e. The number of ether oxygens (including phenoxy) is 4. The molecule has 8 unspecified atom stereocenters. The summed E-state index contributed by atoms with van der Waals surface area (Å²) in [5.41, 5.74) is -2.19. The van der Waals surface area contributed by atoms with Gasteiger partial charge in [0.1, 0.15) is 59.0 Å². The van der Waals surface area contributed by atoms with E-state index in [9.17, 15) is 40.2 Å². The molecule has 3 aromatic carbocycles. The standard InChI is InChI=1S/C32H38N2O12S/c1-43-17-10-16(11-18(12-17)44-2)29(41)33-23-25(37)21(13-35)45-31(27(23)39)47-32-28(40)24(26(38)22(14-36)46-32)34-30(42)20-9-5-7-15-6-3-4-8-19(15)20/h3-12,21-28,31-32,35-40H,13-14H2,1-2H3,(H,33,41)(H,34,42)/t21-,22?,23?,24?,25?,26?,27?,28?,31+,32?/m1/s1. The molecule has 5 rings (SSSR count). The number of aliphatic hydroxyl groups excluding tert-OH is 6. The van der Waals surface area contributed by atoms with Gasteiger partial charge in [-0.15, -0.1) is 0 Å². The van der Waals surface area contributed by atoms with Crippen LogP contribution in [0.25, 0.3) is 10.8 Å². The topological polar surface area (TPSA) is 216 Å². The highest BCUT2D eigenvalue weighted by Crippen LogP contribution is 2.37. The van der Waals surface area contributed by atoms with Crippen molar-refractivity contribution in [2.24, 2.45) is 0 Å². The van der Waals surface area contributed by atoms with Crippen LogP contribution in [-0.4, -0.2) is 129 Å². The summed E-state index contributed by atoms with van der Waals surface area (Å²) in [4.78, 5) is 26.6. The van der Waals surface area contributed by atoms with Crippen LogP contribution < -0.4 is 20.1 Å². The van der Waals surface area contributed by atoms with Gasteiger partial charge in [0.05, 0.1) is 39.5 Å². The van der Waals surface area contributed by atoms with Crippen LogP contribution in [0.5, 0.6) is 11.5 Å². The van der Waals surface area contributed by atoms with Crippen molar-refractivity contribution >= 4 is 34.3 Å². The van der Waals surface area contributed by atoms with Crippen molar-refractivity contribution in [2.75, 3.05) is 27.4 Å². The van der Waals surface area contributed by atoms with E-state index in [-0.39, 0.29) is 5.56 Å². The summed E-state index contributed by atoms with van der Waals surface area (Å²) < 4.78 is 21.9. The third-order valence-electron chi connectivity index (χ3n) is 8.28. The lowest BCUT2D eigenvalue weighted by Crippen LogP contribution is -2.66. The highest BCUT2D eigenvalue weighted by molar-refractivity contribution is 8.00. The highest BCUT2D eigenvalue weighted by atomic mass is 32.2. The number of hydrogen-bond acceptors (Lipinski definition) is 13. The Balaban J connectivity index is 1.35. The van der Waals surface area contributed by atoms with Crippen LogP contribution in [0.15, 0.2) is 60.7 Å². The van der Waals surface area contributed by atoms with Crippen LogP contribution >= 0.6 is 11.8 Å². The Labute approximate surface area is 274 Å². The molecular weight excluding hydrogens is 636 g/mol. The number of nitrogens with one attached hydrogen (secondary N) is 2. The molecule has 2 saturated heterocycles. The summed E-state index contributed by atoms with van der Waals surface area (Å²) in [7, 11) is 2.83. The summed E-state index contributed by atoms with van der Waals surface area (Å²) in [5.74, 6) is -0.617. The fourth-order valence-corrected chi connectivity index (χ4v) is 7.04. The van der Waals surface area contributed by atoms with Gasteiger partial charge in [-0.2, -0.15) is 0 Å². The SMILES string of the molecule is COc1cc(OC)cc(C(=O)NC2C(O)[C@@H](CO)O[C@@H](SC3OC(CO)C(O)C(NC(=O)c4cccc5ccccc45)C3O)C2O)c1. The van der Waals surface area contributed by atoms with Crippen molar-refractivity contribution in [3.05, 3.63) is 71.8 Å². The van der Waals surface area contributed by atoms with E-state index >= 15 is 0 Å². The Hall–Kier alpha value is -3.51. The third-order valence-corrected chi connectivity index (χ3v) is 9.60. The lowest BCUT2D eigenvalue weighted by atomic mass is 9.96. The molecule has 0 bridgehead atoms. The molecule has 8 N–H and O–H groups in total. The normalized spacial score (nSPS) is 30.8. The molecule has 0 radical (unpaired) electrons. The van der Waals surface area contributed by atoms with Crippen LogP contribution in [0.1, 0.15) is 20.7 Å². The summed E-state index contributed by atoms with van der Waals surface area (Å²) >= 11 is 0.737. The molecule has 2 amide bonds. The van der Waals surface area contributed by atoms with Crippen molar-refractivity contribution in [3.8, 4) is 11.5 Å². The third kappa shape index (κ3) is 7.33. The minimum absolute atomic E-state index is 0.104. The molecule has 14 nitrogen and oxygen atoms in total. The molecule has 0 spiro atoms. The Morgan fingerprint density at radius 1 is 0.723 bits per heavy atom. The predicted molar refractivity (Wildman–Crippen MR) is 169 cm³/mol. The molecule has 0 aromatic heterocycles. The van der Waals surface area contributed by atoms with Gasteiger partial charge in [0.15, 0.2) is 0 Å². The molecule has 2 aliphatic rings. The van der Waals surface area contributed by atoms with E-state index in [1.165, 1.54) is 26.4 Å². The van der Waals surface area contributed by atoms with Crippen molar-refractivity contribution in [1.82, 2.24) is 10.6 Å². The maximum absolute atomic E-state index is 13.4. The Bertz CT molecular complexity index is 1530. The number of amides is 2. The number of carbonyl (C=O) groups is 2. The average molecular weight is 675 g/mol. The maximum Gasteiger partial charge on any atom is 0.252 e. The number of aliphatic hydroxyl groups is 6. The molecule has 47 heavy (non-hydrogen) atoms. The largest absolute Gasteiger partial charge is 0.497 e.